The van der Waals surface area contributed by atoms with E-state index in [9.17, 15) is 13.2 Å². The van der Waals surface area contributed by atoms with Crippen LogP contribution in [0.1, 0.15) is 25.7 Å². The second-order valence-corrected chi connectivity index (χ2v) is 8.53. The fourth-order valence-electron chi connectivity index (χ4n) is 3.21. The maximum atomic E-state index is 12.3. The zero-order valence-corrected chi connectivity index (χ0v) is 21.7. The van der Waals surface area contributed by atoms with Gasteiger partial charge in [-0.05, 0) is 62.1 Å². The number of rotatable bonds is 15. The van der Waals surface area contributed by atoms with Crippen molar-refractivity contribution in [1.29, 1.82) is 0 Å². The predicted molar refractivity (Wildman–Crippen MR) is 141 cm³/mol. The second kappa shape index (κ2) is 14.8. The summed E-state index contributed by atoms with van der Waals surface area (Å²) in [5, 5.41) is 3.06. The standard InChI is InChI=1S/C25H28F3IN4O3/c26-25(27,28)36-21-10-8-20(9-11-21)33-24-17-23(30-18-31-24)19-6-5-7-22(16-19)35-15-4-3-14-34-13-2-1-12-32-29/h5-11,16-18,32H,1-4,12-15H2,(H,30,31,33). The van der Waals surface area contributed by atoms with Gasteiger partial charge in [0.2, 0.25) is 0 Å². The Hall–Kier alpha value is -2.64. The van der Waals surface area contributed by atoms with Gasteiger partial charge in [0.1, 0.15) is 23.6 Å². The number of unbranched alkanes of at least 4 members (excludes halogenated alkanes) is 2. The number of nitrogens with one attached hydrogen (secondary N) is 2. The van der Waals surface area contributed by atoms with E-state index >= 15 is 0 Å². The highest BCUT2D eigenvalue weighted by Gasteiger charge is 2.30. The van der Waals surface area contributed by atoms with Crippen LogP contribution in [-0.2, 0) is 4.74 Å². The van der Waals surface area contributed by atoms with Gasteiger partial charge in [0.25, 0.3) is 0 Å². The highest BCUT2D eigenvalue weighted by Crippen LogP contribution is 2.27. The van der Waals surface area contributed by atoms with Crippen LogP contribution in [0.25, 0.3) is 11.3 Å². The minimum absolute atomic E-state index is 0.291. The smallest absolute Gasteiger partial charge is 0.494 e. The van der Waals surface area contributed by atoms with E-state index in [1.807, 2.05) is 24.3 Å². The van der Waals surface area contributed by atoms with Crippen LogP contribution in [0.3, 0.4) is 0 Å². The number of alkyl halides is 3. The summed E-state index contributed by atoms with van der Waals surface area (Å²) >= 11 is 2.15. The van der Waals surface area contributed by atoms with Gasteiger partial charge in [-0.1, -0.05) is 12.1 Å². The molecule has 0 saturated carbocycles. The molecule has 11 heteroatoms. The molecule has 3 aromatic rings. The first kappa shape index (κ1) is 27.9. The van der Waals surface area contributed by atoms with Gasteiger partial charge in [-0.15, -0.1) is 13.2 Å². The lowest BCUT2D eigenvalue weighted by molar-refractivity contribution is -0.274. The van der Waals surface area contributed by atoms with E-state index in [4.69, 9.17) is 9.47 Å². The maximum absolute atomic E-state index is 12.3. The Morgan fingerprint density at radius 3 is 2.33 bits per heavy atom. The molecule has 0 aliphatic heterocycles. The molecule has 0 spiro atoms. The third-order valence-corrected chi connectivity index (χ3v) is 5.46. The lowest BCUT2D eigenvalue weighted by Gasteiger charge is -2.11. The van der Waals surface area contributed by atoms with Crippen molar-refractivity contribution in [3.8, 4) is 22.8 Å². The molecule has 2 aromatic carbocycles. The average molecular weight is 616 g/mol. The number of hydrogen-bond acceptors (Lipinski definition) is 7. The van der Waals surface area contributed by atoms with E-state index in [-0.39, 0.29) is 5.75 Å². The fraction of sp³-hybridized carbons (Fsp3) is 0.360. The molecule has 36 heavy (non-hydrogen) atoms. The predicted octanol–water partition coefficient (Wildman–Crippen LogP) is 6.68. The molecule has 194 valence electrons. The summed E-state index contributed by atoms with van der Waals surface area (Å²) in [7, 11) is 0. The lowest BCUT2D eigenvalue weighted by atomic mass is 10.1. The van der Waals surface area contributed by atoms with Crippen molar-refractivity contribution in [2.75, 3.05) is 31.7 Å². The molecule has 0 aliphatic rings. The van der Waals surface area contributed by atoms with Crippen LogP contribution in [-0.4, -0.2) is 42.7 Å². The van der Waals surface area contributed by atoms with Crippen molar-refractivity contribution in [2.45, 2.75) is 32.0 Å². The first-order valence-corrected chi connectivity index (χ1v) is 12.6. The number of benzene rings is 2. The van der Waals surface area contributed by atoms with Crippen molar-refractivity contribution < 1.29 is 27.4 Å². The third kappa shape index (κ3) is 10.5. The molecule has 2 N–H and O–H groups in total. The summed E-state index contributed by atoms with van der Waals surface area (Å²) < 4.78 is 55.5. The van der Waals surface area contributed by atoms with Gasteiger partial charge in [-0.25, -0.2) is 9.97 Å². The average Bonchev–Trinajstić information content (AvgIpc) is 2.86. The quantitative estimate of drug-likeness (QED) is 0.112. The molecule has 0 fully saturated rings. The Morgan fingerprint density at radius 1 is 0.833 bits per heavy atom. The Bertz CT molecular complexity index is 1060. The molecule has 0 unspecified atom stereocenters. The Labute approximate surface area is 222 Å². The molecule has 7 nitrogen and oxygen atoms in total. The molecular weight excluding hydrogens is 588 g/mol. The van der Waals surface area contributed by atoms with Crippen molar-refractivity contribution in [2.24, 2.45) is 0 Å². The fourth-order valence-corrected chi connectivity index (χ4v) is 3.59. The zero-order valence-electron chi connectivity index (χ0n) is 19.6. The van der Waals surface area contributed by atoms with Gasteiger partial charge in [-0.3, -0.25) is 3.53 Å². The van der Waals surface area contributed by atoms with Crippen LogP contribution >= 0.6 is 22.9 Å². The lowest BCUT2D eigenvalue weighted by Crippen LogP contribution is -2.16. The van der Waals surface area contributed by atoms with Gasteiger partial charge in [0, 0.05) is 59.9 Å². The van der Waals surface area contributed by atoms with Crippen LogP contribution in [0.2, 0.25) is 0 Å². The van der Waals surface area contributed by atoms with E-state index in [0.717, 1.165) is 56.8 Å². The summed E-state index contributed by atoms with van der Waals surface area (Å²) in [5.74, 6) is 0.954. The molecular formula is C25H28F3IN4O3. The summed E-state index contributed by atoms with van der Waals surface area (Å²) in [6, 6.07) is 14.8. The number of anilines is 2. The molecule has 3 rings (SSSR count). The van der Waals surface area contributed by atoms with Crippen molar-refractivity contribution in [3.63, 3.8) is 0 Å². The summed E-state index contributed by atoms with van der Waals surface area (Å²) in [4.78, 5) is 8.52. The molecule has 0 atom stereocenters. The van der Waals surface area contributed by atoms with Crippen LogP contribution in [0.4, 0.5) is 24.7 Å². The molecule has 1 aromatic heterocycles. The number of hydrogen-bond donors (Lipinski definition) is 2. The van der Waals surface area contributed by atoms with Crippen LogP contribution < -0.4 is 18.3 Å². The molecule has 0 bridgehead atoms. The highest BCUT2D eigenvalue weighted by molar-refractivity contribution is 14.1. The minimum Gasteiger partial charge on any atom is -0.494 e. The topological polar surface area (TPSA) is 77.5 Å². The van der Waals surface area contributed by atoms with Crippen LogP contribution in [0.5, 0.6) is 11.5 Å². The van der Waals surface area contributed by atoms with Gasteiger partial charge in [-0.2, -0.15) is 0 Å². The molecule has 0 amide bonds. The van der Waals surface area contributed by atoms with E-state index in [1.165, 1.54) is 30.6 Å². The van der Waals surface area contributed by atoms with Crippen molar-refractivity contribution in [1.82, 2.24) is 13.5 Å². The normalized spacial score (nSPS) is 11.3. The van der Waals surface area contributed by atoms with Crippen LogP contribution in [0, 0.1) is 0 Å². The monoisotopic (exact) mass is 616 g/mol. The number of halogens is 4. The van der Waals surface area contributed by atoms with E-state index in [2.05, 4.69) is 46.4 Å². The van der Waals surface area contributed by atoms with Crippen molar-refractivity contribution in [3.05, 3.63) is 60.9 Å². The van der Waals surface area contributed by atoms with Crippen molar-refractivity contribution >= 4 is 34.4 Å². The first-order chi connectivity index (χ1) is 17.4. The van der Waals surface area contributed by atoms with E-state index < -0.39 is 6.36 Å². The number of ether oxygens (including phenoxy) is 3. The third-order valence-electron chi connectivity index (χ3n) is 4.92. The Balaban J connectivity index is 1.47. The molecule has 0 radical (unpaired) electrons. The van der Waals surface area contributed by atoms with Gasteiger partial charge in [0.05, 0.1) is 12.3 Å². The second-order valence-electron chi connectivity index (χ2n) is 7.77. The largest absolute Gasteiger partial charge is 0.573 e. The Morgan fingerprint density at radius 2 is 1.58 bits per heavy atom. The first-order valence-electron chi connectivity index (χ1n) is 11.5. The number of nitrogens with zero attached hydrogens (tertiary/aromatic N) is 2. The maximum Gasteiger partial charge on any atom is 0.573 e. The van der Waals surface area contributed by atoms with Gasteiger partial charge < -0.3 is 19.5 Å². The van der Waals surface area contributed by atoms with Gasteiger partial charge in [0.15, 0.2) is 0 Å². The van der Waals surface area contributed by atoms with E-state index in [1.54, 1.807) is 6.07 Å². The highest BCUT2D eigenvalue weighted by atomic mass is 127. The SMILES string of the molecule is FC(F)(F)Oc1ccc(Nc2cc(-c3cccc(OCCCCOCCCCNI)c3)ncn2)cc1. The van der Waals surface area contributed by atoms with Gasteiger partial charge >= 0.3 is 6.36 Å². The molecule has 0 saturated heterocycles. The Kier molecular flexibility index (Phi) is 11.5. The molecule has 1 heterocycles. The summed E-state index contributed by atoms with van der Waals surface area (Å²) in [6.45, 7) is 3.11. The summed E-state index contributed by atoms with van der Waals surface area (Å²) in [6.07, 6.45) is 0.699. The van der Waals surface area contributed by atoms with E-state index in [0.29, 0.717) is 23.8 Å². The minimum atomic E-state index is -4.73. The number of aromatic nitrogens is 2. The summed E-state index contributed by atoms with van der Waals surface area (Å²) in [5.41, 5.74) is 2.10. The zero-order chi connectivity index (χ0) is 25.6. The molecule has 0 aliphatic carbocycles. The van der Waals surface area contributed by atoms with Crippen LogP contribution in [0.15, 0.2) is 60.9 Å².